The fourth-order valence-electron chi connectivity index (χ4n) is 1.90. The summed E-state index contributed by atoms with van der Waals surface area (Å²) in [5.41, 5.74) is 0. The van der Waals surface area contributed by atoms with Gasteiger partial charge in [-0.2, -0.15) is 4.72 Å². The lowest BCUT2D eigenvalue weighted by Gasteiger charge is -2.17. The zero-order valence-electron chi connectivity index (χ0n) is 13.2. The molecule has 0 fully saturated rings. The molecule has 1 aromatic carbocycles. The lowest BCUT2D eigenvalue weighted by molar-refractivity contribution is -0.139. The molecule has 6 nitrogen and oxygen atoms in total. The third-order valence-corrected chi connectivity index (χ3v) is 4.30. The number of carboxylic acids is 1. The lowest BCUT2D eigenvalue weighted by atomic mass is 10.1. The number of sulfonamides is 1. The largest absolute Gasteiger partial charge is 0.491 e. The highest BCUT2D eigenvalue weighted by Crippen LogP contribution is 2.18. The fraction of sp³-hybridized carbons (Fsp3) is 0.533. The maximum atomic E-state index is 12.2. The van der Waals surface area contributed by atoms with Crippen molar-refractivity contribution >= 4 is 16.0 Å². The molecular formula is C15H23NO5S. The molecular weight excluding hydrogens is 306 g/mol. The van der Waals surface area contributed by atoms with Gasteiger partial charge in [0.15, 0.2) is 0 Å². The van der Waals surface area contributed by atoms with E-state index in [1.807, 2.05) is 27.7 Å². The Kier molecular flexibility index (Phi) is 6.37. The summed E-state index contributed by atoms with van der Waals surface area (Å²) in [5.74, 6) is -0.562. The molecule has 0 saturated carbocycles. The number of carbonyl (C=O) groups is 1. The van der Waals surface area contributed by atoms with E-state index < -0.39 is 22.0 Å². The van der Waals surface area contributed by atoms with Crippen LogP contribution < -0.4 is 9.46 Å². The van der Waals surface area contributed by atoms with Crippen molar-refractivity contribution in [2.24, 2.45) is 5.92 Å². The molecule has 0 aliphatic carbocycles. The van der Waals surface area contributed by atoms with Crippen LogP contribution in [0.15, 0.2) is 29.2 Å². The Balaban J connectivity index is 2.91. The molecule has 7 heteroatoms. The van der Waals surface area contributed by atoms with Gasteiger partial charge >= 0.3 is 5.97 Å². The SMILES string of the molecule is CC(C)C[C@H](NS(=O)(=O)c1ccc(OC(C)C)cc1)C(=O)O. The van der Waals surface area contributed by atoms with Crippen molar-refractivity contribution in [3.8, 4) is 5.75 Å². The first-order valence-electron chi connectivity index (χ1n) is 7.13. The van der Waals surface area contributed by atoms with E-state index in [0.29, 0.717) is 5.75 Å². The second-order valence-electron chi connectivity index (χ2n) is 5.78. The van der Waals surface area contributed by atoms with Crippen LogP contribution >= 0.6 is 0 Å². The van der Waals surface area contributed by atoms with Crippen molar-refractivity contribution in [2.75, 3.05) is 0 Å². The number of nitrogens with one attached hydrogen (secondary N) is 1. The van der Waals surface area contributed by atoms with E-state index >= 15 is 0 Å². The predicted octanol–water partition coefficient (Wildman–Crippen LogP) is 2.25. The van der Waals surface area contributed by atoms with Gasteiger partial charge in [0.25, 0.3) is 0 Å². The minimum absolute atomic E-state index is 0.0111. The Morgan fingerprint density at radius 2 is 1.73 bits per heavy atom. The molecule has 22 heavy (non-hydrogen) atoms. The Labute approximate surface area is 131 Å². The van der Waals surface area contributed by atoms with Crippen molar-refractivity contribution in [2.45, 2.75) is 51.2 Å². The van der Waals surface area contributed by atoms with Gasteiger partial charge in [0.05, 0.1) is 11.0 Å². The third-order valence-electron chi connectivity index (χ3n) is 2.81. The summed E-state index contributed by atoms with van der Waals surface area (Å²) in [4.78, 5) is 11.2. The molecule has 1 atom stereocenters. The molecule has 0 spiro atoms. The standard InChI is InChI=1S/C15H23NO5S/c1-10(2)9-14(15(17)18)16-22(19,20)13-7-5-12(6-8-13)21-11(3)4/h5-8,10-11,14,16H,9H2,1-4H3,(H,17,18)/t14-/m0/s1. The van der Waals surface area contributed by atoms with Crippen LogP contribution in [0.3, 0.4) is 0 Å². The van der Waals surface area contributed by atoms with Gasteiger partial charge in [0.1, 0.15) is 11.8 Å². The van der Waals surface area contributed by atoms with Crippen LogP contribution in [-0.4, -0.2) is 31.6 Å². The smallest absolute Gasteiger partial charge is 0.321 e. The lowest BCUT2D eigenvalue weighted by Crippen LogP contribution is -2.41. The molecule has 124 valence electrons. The zero-order chi connectivity index (χ0) is 16.9. The van der Waals surface area contributed by atoms with E-state index in [4.69, 9.17) is 9.84 Å². The van der Waals surface area contributed by atoms with E-state index in [1.54, 1.807) is 12.1 Å². The summed E-state index contributed by atoms with van der Waals surface area (Å²) < 4.78 is 32.2. The first-order chi connectivity index (χ1) is 10.1. The topological polar surface area (TPSA) is 92.7 Å². The van der Waals surface area contributed by atoms with E-state index in [0.717, 1.165) is 0 Å². The van der Waals surface area contributed by atoms with Crippen LogP contribution in [-0.2, 0) is 14.8 Å². The molecule has 2 N–H and O–H groups in total. The highest BCUT2D eigenvalue weighted by molar-refractivity contribution is 7.89. The first kappa shape index (κ1) is 18.4. The number of rotatable bonds is 8. The van der Waals surface area contributed by atoms with Gasteiger partial charge in [-0.3, -0.25) is 4.79 Å². The van der Waals surface area contributed by atoms with Crippen LogP contribution in [0.5, 0.6) is 5.75 Å². The van der Waals surface area contributed by atoms with Gasteiger partial charge in [0.2, 0.25) is 10.0 Å². The molecule has 0 aromatic heterocycles. The van der Waals surface area contributed by atoms with Crippen LogP contribution in [0, 0.1) is 5.92 Å². The number of benzene rings is 1. The number of ether oxygens (including phenoxy) is 1. The van der Waals surface area contributed by atoms with Crippen molar-refractivity contribution in [1.82, 2.24) is 4.72 Å². The molecule has 0 saturated heterocycles. The zero-order valence-corrected chi connectivity index (χ0v) is 14.1. The van der Waals surface area contributed by atoms with Crippen molar-refractivity contribution < 1.29 is 23.1 Å². The van der Waals surface area contributed by atoms with Crippen LogP contribution in [0.1, 0.15) is 34.1 Å². The normalized spacial score (nSPS) is 13.4. The van der Waals surface area contributed by atoms with E-state index in [2.05, 4.69) is 4.72 Å². The second-order valence-corrected chi connectivity index (χ2v) is 7.49. The molecule has 0 radical (unpaired) electrons. The highest BCUT2D eigenvalue weighted by atomic mass is 32.2. The summed E-state index contributed by atoms with van der Waals surface area (Å²) in [6.45, 7) is 7.41. The minimum atomic E-state index is -3.88. The Morgan fingerprint density at radius 1 is 1.18 bits per heavy atom. The number of hydrogen-bond acceptors (Lipinski definition) is 4. The van der Waals surface area contributed by atoms with Crippen molar-refractivity contribution in [3.63, 3.8) is 0 Å². The summed E-state index contributed by atoms with van der Waals surface area (Å²) in [7, 11) is -3.88. The van der Waals surface area contributed by atoms with Gasteiger partial charge in [-0.05, 0) is 50.5 Å². The van der Waals surface area contributed by atoms with Gasteiger partial charge in [-0.15, -0.1) is 0 Å². The summed E-state index contributed by atoms with van der Waals surface area (Å²) in [5, 5.41) is 9.13. The molecule has 0 unspecified atom stereocenters. The summed E-state index contributed by atoms with van der Waals surface area (Å²) in [6, 6.07) is 4.75. The average molecular weight is 329 g/mol. The van der Waals surface area contributed by atoms with E-state index in [1.165, 1.54) is 12.1 Å². The van der Waals surface area contributed by atoms with E-state index in [-0.39, 0.29) is 23.3 Å². The quantitative estimate of drug-likeness (QED) is 0.763. The van der Waals surface area contributed by atoms with Crippen molar-refractivity contribution in [1.29, 1.82) is 0 Å². The predicted molar refractivity (Wildman–Crippen MR) is 83.4 cm³/mol. The number of aliphatic carboxylic acids is 1. The molecule has 0 aliphatic heterocycles. The maximum absolute atomic E-state index is 12.2. The van der Waals surface area contributed by atoms with Gasteiger partial charge in [-0.1, -0.05) is 13.8 Å². The Bertz CT molecular complexity index is 593. The summed E-state index contributed by atoms with van der Waals surface area (Å²) in [6.07, 6.45) is 0.214. The summed E-state index contributed by atoms with van der Waals surface area (Å²) >= 11 is 0. The second kappa shape index (κ2) is 7.60. The molecule has 0 amide bonds. The minimum Gasteiger partial charge on any atom is -0.491 e. The molecule has 0 heterocycles. The monoisotopic (exact) mass is 329 g/mol. The number of carboxylic acid groups (broad SMARTS) is 1. The van der Waals surface area contributed by atoms with Gasteiger partial charge in [-0.25, -0.2) is 8.42 Å². The average Bonchev–Trinajstić information content (AvgIpc) is 2.36. The number of hydrogen-bond donors (Lipinski definition) is 2. The molecule has 1 aromatic rings. The van der Waals surface area contributed by atoms with Gasteiger partial charge < -0.3 is 9.84 Å². The molecule has 1 rings (SSSR count). The maximum Gasteiger partial charge on any atom is 0.321 e. The highest BCUT2D eigenvalue weighted by Gasteiger charge is 2.26. The van der Waals surface area contributed by atoms with Crippen LogP contribution in [0.2, 0.25) is 0 Å². The van der Waals surface area contributed by atoms with Crippen molar-refractivity contribution in [3.05, 3.63) is 24.3 Å². The van der Waals surface area contributed by atoms with Crippen LogP contribution in [0.4, 0.5) is 0 Å². The van der Waals surface area contributed by atoms with Crippen LogP contribution in [0.25, 0.3) is 0 Å². The molecule has 0 bridgehead atoms. The molecule has 0 aliphatic rings. The first-order valence-corrected chi connectivity index (χ1v) is 8.62. The van der Waals surface area contributed by atoms with Gasteiger partial charge in [0, 0.05) is 0 Å². The fourth-order valence-corrected chi connectivity index (χ4v) is 3.10. The Morgan fingerprint density at radius 3 is 2.14 bits per heavy atom. The third kappa shape index (κ3) is 5.65. The van der Waals surface area contributed by atoms with E-state index in [9.17, 15) is 13.2 Å². The Hall–Kier alpha value is -1.60.